The number of hydrogen-bond donors (Lipinski definition) is 1. The molecule has 1 aromatic carbocycles. The number of halogens is 4. The summed E-state index contributed by atoms with van der Waals surface area (Å²) in [6.07, 6.45) is -4.25. The Hall–Kier alpha value is -0.780. The number of nitrogens with zero attached hydrogens (tertiary/aromatic N) is 1. The first-order valence-corrected chi connectivity index (χ1v) is 6.06. The van der Waals surface area contributed by atoms with Crippen molar-refractivity contribution in [1.82, 2.24) is 10.2 Å². The van der Waals surface area contributed by atoms with Gasteiger partial charge in [-0.3, -0.25) is 4.90 Å². The SMILES string of the molecule is Cc1cc(C(F)(F)F)ccc1CN1CCNCC1.Cl. The van der Waals surface area contributed by atoms with Crippen LogP contribution in [0.5, 0.6) is 0 Å². The van der Waals surface area contributed by atoms with Crippen molar-refractivity contribution in [1.29, 1.82) is 0 Å². The van der Waals surface area contributed by atoms with Gasteiger partial charge in [0.05, 0.1) is 5.56 Å². The zero-order valence-corrected chi connectivity index (χ0v) is 11.6. The van der Waals surface area contributed by atoms with Gasteiger partial charge in [-0.1, -0.05) is 6.07 Å². The summed E-state index contributed by atoms with van der Waals surface area (Å²) in [5, 5.41) is 3.25. The van der Waals surface area contributed by atoms with E-state index in [1.807, 2.05) is 0 Å². The van der Waals surface area contributed by atoms with Gasteiger partial charge in [-0.2, -0.15) is 13.2 Å². The molecule has 2 nitrogen and oxygen atoms in total. The Balaban J connectivity index is 0.00000180. The molecule has 0 aliphatic carbocycles. The molecule has 0 radical (unpaired) electrons. The smallest absolute Gasteiger partial charge is 0.314 e. The minimum Gasteiger partial charge on any atom is -0.314 e. The maximum absolute atomic E-state index is 12.5. The van der Waals surface area contributed by atoms with Gasteiger partial charge in [-0.15, -0.1) is 12.4 Å². The van der Waals surface area contributed by atoms with Crippen molar-refractivity contribution in [2.24, 2.45) is 0 Å². The molecule has 108 valence electrons. The van der Waals surface area contributed by atoms with Crippen LogP contribution in [-0.2, 0) is 12.7 Å². The third kappa shape index (κ3) is 4.37. The van der Waals surface area contributed by atoms with E-state index in [0.717, 1.165) is 38.3 Å². The molecule has 1 aliphatic rings. The van der Waals surface area contributed by atoms with Crippen molar-refractivity contribution < 1.29 is 13.2 Å². The molecule has 19 heavy (non-hydrogen) atoms. The molecule has 1 N–H and O–H groups in total. The summed E-state index contributed by atoms with van der Waals surface area (Å²) >= 11 is 0. The van der Waals surface area contributed by atoms with E-state index in [0.29, 0.717) is 5.56 Å². The van der Waals surface area contributed by atoms with Gasteiger partial charge in [-0.05, 0) is 30.2 Å². The molecule has 0 atom stereocenters. The van der Waals surface area contributed by atoms with Crippen molar-refractivity contribution in [2.45, 2.75) is 19.6 Å². The lowest BCUT2D eigenvalue weighted by atomic mass is 10.0. The first-order chi connectivity index (χ1) is 8.47. The molecule has 2 rings (SSSR count). The quantitative estimate of drug-likeness (QED) is 0.902. The Kier molecular flexibility index (Phi) is 5.64. The Morgan fingerprint density at radius 2 is 1.84 bits per heavy atom. The van der Waals surface area contributed by atoms with Crippen LogP contribution < -0.4 is 5.32 Å². The molecule has 1 aliphatic heterocycles. The van der Waals surface area contributed by atoms with Gasteiger partial charge in [0.1, 0.15) is 0 Å². The van der Waals surface area contributed by atoms with Crippen LogP contribution in [-0.4, -0.2) is 31.1 Å². The molecule has 1 aromatic rings. The summed E-state index contributed by atoms with van der Waals surface area (Å²) in [4.78, 5) is 2.26. The van der Waals surface area contributed by atoms with Crippen LogP contribution in [0.1, 0.15) is 16.7 Å². The summed E-state index contributed by atoms with van der Waals surface area (Å²) in [6.45, 7) is 6.25. The van der Waals surface area contributed by atoms with E-state index in [2.05, 4.69) is 10.2 Å². The summed E-state index contributed by atoms with van der Waals surface area (Å²) < 4.78 is 37.6. The molecule has 1 heterocycles. The van der Waals surface area contributed by atoms with Crippen molar-refractivity contribution in [3.05, 3.63) is 34.9 Å². The topological polar surface area (TPSA) is 15.3 Å². The third-order valence-corrected chi connectivity index (χ3v) is 3.27. The molecule has 1 saturated heterocycles. The Morgan fingerprint density at radius 1 is 1.21 bits per heavy atom. The highest BCUT2D eigenvalue weighted by molar-refractivity contribution is 5.85. The first-order valence-electron chi connectivity index (χ1n) is 6.06. The predicted molar refractivity (Wildman–Crippen MR) is 71.6 cm³/mol. The predicted octanol–water partition coefficient (Wildman–Crippen LogP) is 2.84. The number of hydrogen-bond acceptors (Lipinski definition) is 2. The second-order valence-corrected chi connectivity index (χ2v) is 4.67. The first kappa shape index (κ1) is 16.3. The van der Waals surface area contributed by atoms with Crippen LogP contribution in [0.4, 0.5) is 13.2 Å². The fraction of sp³-hybridized carbons (Fsp3) is 0.538. The molecule has 0 aromatic heterocycles. The molecule has 0 spiro atoms. The van der Waals surface area contributed by atoms with Crippen LogP contribution in [0.15, 0.2) is 18.2 Å². The van der Waals surface area contributed by atoms with Gasteiger partial charge in [0, 0.05) is 32.7 Å². The number of piperazine rings is 1. The van der Waals surface area contributed by atoms with Crippen LogP contribution in [0.2, 0.25) is 0 Å². The van der Waals surface area contributed by atoms with Gasteiger partial charge in [0.25, 0.3) is 0 Å². The maximum atomic E-state index is 12.5. The normalized spacial score (nSPS) is 17.1. The second-order valence-electron chi connectivity index (χ2n) is 4.67. The minimum atomic E-state index is -4.25. The average molecular weight is 295 g/mol. The van der Waals surface area contributed by atoms with E-state index >= 15 is 0 Å². The lowest BCUT2D eigenvalue weighted by Crippen LogP contribution is -2.43. The van der Waals surface area contributed by atoms with Crippen molar-refractivity contribution in [3.63, 3.8) is 0 Å². The molecule has 6 heteroatoms. The summed E-state index contributed by atoms with van der Waals surface area (Å²) in [6, 6.07) is 4.00. The van der Waals surface area contributed by atoms with Crippen molar-refractivity contribution >= 4 is 12.4 Å². The molecule has 0 bridgehead atoms. The summed E-state index contributed by atoms with van der Waals surface area (Å²) in [5.74, 6) is 0. The van der Waals surface area contributed by atoms with Crippen LogP contribution in [0, 0.1) is 6.92 Å². The highest BCUT2D eigenvalue weighted by atomic mass is 35.5. The van der Waals surface area contributed by atoms with Gasteiger partial charge >= 0.3 is 6.18 Å². The van der Waals surface area contributed by atoms with Crippen LogP contribution >= 0.6 is 12.4 Å². The standard InChI is InChI=1S/C13H17F3N2.ClH/c1-10-8-12(13(14,15)16)3-2-11(10)9-18-6-4-17-5-7-18;/h2-3,8,17H,4-7,9H2,1H3;1H. The fourth-order valence-corrected chi connectivity index (χ4v) is 2.16. The van der Waals surface area contributed by atoms with Crippen molar-refractivity contribution in [3.8, 4) is 0 Å². The monoisotopic (exact) mass is 294 g/mol. The van der Waals surface area contributed by atoms with Crippen molar-refractivity contribution in [2.75, 3.05) is 26.2 Å². The van der Waals surface area contributed by atoms with E-state index in [1.165, 1.54) is 12.1 Å². The third-order valence-electron chi connectivity index (χ3n) is 3.27. The zero-order chi connectivity index (χ0) is 13.2. The van der Waals surface area contributed by atoms with Gasteiger partial charge < -0.3 is 5.32 Å². The average Bonchev–Trinajstić information content (AvgIpc) is 2.32. The van der Waals surface area contributed by atoms with Gasteiger partial charge in [-0.25, -0.2) is 0 Å². The molecule has 0 saturated carbocycles. The Morgan fingerprint density at radius 3 is 2.37 bits per heavy atom. The summed E-state index contributed by atoms with van der Waals surface area (Å²) in [5.41, 5.74) is 1.12. The van der Waals surface area contributed by atoms with Gasteiger partial charge in [0.2, 0.25) is 0 Å². The minimum absolute atomic E-state index is 0. The van der Waals surface area contributed by atoms with E-state index in [9.17, 15) is 13.2 Å². The zero-order valence-electron chi connectivity index (χ0n) is 10.8. The number of rotatable bonds is 2. The largest absolute Gasteiger partial charge is 0.416 e. The Bertz CT molecular complexity index is 415. The highest BCUT2D eigenvalue weighted by Gasteiger charge is 2.30. The molecule has 0 amide bonds. The number of nitrogens with one attached hydrogen (secondary N) is 1. The molecular formula is C13H18ClF3N2. The number of aryl methyl sites for hydroxylation is 1. The number of benzene rings is 1. The van der Waals surface area contributed by atoms with E-state index in [-0.39, 0.29) is 12.4 Å². The molecule has 1 fully saturated rings. The molecule has 0 unspecified atom stereocenters. The lowest BCUT2D eigenvalue weighted by molar-refractivity contribution is -0.137. The van der Waals surface area contributed by atoms with E-state index < -0.39 is 11.7 Å². The van der Waals surface area contributed by atoms with Crippen LogP contribution in [0.25, 0.3) is 0 Å². The van der Waals surface area contributed by atoms with Crippen LogP contribution in [0.3, 0.4) is 0 Å². The van der Waals surface area contributed by atoms with E-state index in [4.69, 9.17) is 0 Å². The van der Waals surface area contributed by atoms with Gasteiger partial charge in [0.15, 0.2) is 0 Å². The fourth-order valence-electron chi connectivity index (χ4n) is 2.16. The van der Waals surface area contributed by atoms with E-state index in [1.54, 1.807) is 13.0 Å². The number of alkyl halides is 3. The lowest BCUT2D eigenvalue weighted by Gasteiger charge is -2.27. The second kappa shape index (κ2) is 6.59. The summed E-state index contributed by atoms with van der Waals surface area (Å²) in [7, 11) is 0. The Labute approximate surface area is 117 Å². The highest BCUT2D eigenvalue weighted by Crippen LogP contribution is 2.30. The maximum Gasteiger partial charge on any atom is 0.416 e. The molecular weight excluding hydrogens is 277 g/mol.